The number of nitrogens with one attached hydrogen (secondary N) is 2. The Bertz CT molecular complexity index is 913. The van der Waals surface area contributed by atoms with Gasteiger partial charge in [-0.2, -0.15) is 0 Å². The summed E-state index contributed by atoms with van der Waals surface area (Å²) in [7, 11) is 5.32. The fourth-order valence-corrected chi connectivity index (χ4v) is 3.73. The summed E-state index contributed by atoms with van der Waals surface area (Å²) in [6, 6.07) is 16.3. The Morgan fingerprint density at radius 1 is 1.06 bits per heavy atom. The number of hydrogen-bond acceptors (Lipinski definition) is 4. The molecule has 2 aromatic carbocycles. The summed E-state index contributed by atoms with van der Waals surface area (Å²) in [6.45, 7) is 5.96. The topological polar surface area (TPSA) is 69.2 Å². The summed E-state index contributed by atoms with van der Waals surface area (Å²) in [6.07, 6.45) is 0.808. The Hall–Kier alpha value is -2.17. The minimum Gasteiger partial charge on any atom is -0.379 e. The van der Waals surface area contributed by atoms with Gasteiger partial charge in [0.2, 0.25) is 0 Å². The van der Waals surface area contributed by atoms with Crippen molar-refractivity contribution in [1.29, 1.82) is 0 Å². The van der Waals surface area contributed by atoms with Crippen LogP contribution in [0.4, 0.5) is 0 Å². The molecule has 2 N–H and O–H groups in total. The minimum atomic E-state index is 0. The molecule has 1 aliphatic rings. The summed E-state index contributed by atoms with van der Waals surface area (Å²) >= 11 is 0. The first-order chi connectivity index (χ1) is 15.6. The number of rotatable bonds is 8. The minimum absolute atomic E-state index is 0. The van der Waals surface area contributed by atoms with Crippen molar-refractivity contribution in [3.63, 3.8) is 0 Å². The van der Waals surface area contributed by atoms with Crippen molar-refractivity contribution >= 4 is 35.8 Å². The molecule has 8 heteroatoms. The summed E-state index contributed by atoms with van der Waals surface area (Å²) in [5.74, 6) is 0.791. The largest absolute Gasteiger partial charge is 0.379 e. The van der Waals surface area contributed by atoms with Crippen molar-refractivity contribution in [3.8, 4) is 0 Å². The molecule has 33 heavy (non-hydrogen) atoms. The Morgan fingerprint density at radius 2 is 1.79 bits per heavy atom. The number of amides is 1. The number of nitrogens with zero attached hydrogens (tertiary/aromatic N) is 3. The standard InChI is InChI=1S/C25H35N5O2.HI/c1-26-25(27-12-11-20-7-6-10-21(17-20)24(31)29(2)3)28-18-22-8-4-5-9-23(22)19-30-13-15-32-16-14-30;/h4-10,17H,11-16,18-19H2,1-3H3,(H2,26,27,28);1H. The average Bonchev–Trinajstić information content (AvgIpc) is 2.82. The highest BCUT2D eigenvalue weighted by atomic mass is 127. The molecular formula is C25H36IN5O2. The number of carbonyl (C=O) groups is 1. The second-order valence-electron chi connectivity index (χ2n) is 8.16. The number of aliphatic imine (C=N–C) groups is 1. The molecule has 1 amide bonds. The zero-order valence-electron chi connectivity index (χ0n) is 19.8. The molecule has 0 radical (unpaired) electrons. The lowest BCUT2D eigenvalue weighted by Gasteiger charge is -2.27. The number of guanidine groups is 1. The Morgan fingerprint density at radius 3 is 2.48 bits per heavy atom. The molecule has 0 spiro atoms. The lowest BCUT2D eigenvalue weighted by Crippen LogP contribution is -2.38. The van der Waals surface area contributed by atoms with E-state index in [1.807, 2.05) is 24.3 Å². The van der Waals surface area contributed by atoms with Crippen molar-refractivity contribution < 1.29 is 9.53 Å². The van der Waals surface area contributed by atoms with Gasteiger partial charge in [-0.15, -0.1) is 24.0 Å². The van der Waals surface area contributed by atoms with E-state index in [4.69, 9.17) is 4.74 Å². The molecule has 7 nitrogen and oxygen atoms in total. The van der Waals surface area contributed by atoms with Crippen LogP contribution in [0.5, 0.6) is 0 Å². The van der Waals surface area contributed by atoms with Crippen LogP contribution in [0.15, 0.2) is 53.5 Å². The predicted octanol–water partition coefficient (Wildman–Crippen LogP) is 2.75. The van der Waals surface area contributed by atoms with Crippen LogP contribution in [0.1, 0.15) is 27.0 Å². The highest BCUT2D eigenvalue weighted by Crippen LogP contribution is 2.13. The van der Waals surface area contributed by atoms with Gasteiger partial charge in [-0.3, -0.25) is 14.7 Å². The number of benzene rings is 2. The molecule has 0 bridgehead atoms. The van der Waals surface area contributed by atoms with Gasteiger partial charge < -0.3 is 20.3 Å². The molecule has 180 valence electrons. The van der Waals surface area contributed by atoms with Gasteiger partial charge in [0.15, 0.2) is 5.96 Å². The summed E-state index contributed by atoms with van der Waals surface area (Å²) in [5, 5.41) is 6.81. The fraction of sp³-hybridized carbons (Fsp3) is 0.440. The number of hydrogen-bond donors (Lipinski definition) is 2. The van der Waals surface area contributed by atoms with Crippen molar-refractivity contribution in [1.82, 2.24) is 20.4 Å². The predicted molar refractivity (Wildman–Crippen MR) is 144 cm³/mol. The van der Waals surface area contributed by atoms with Crippen molar-refractivity contribution in [2.75, 3.05) is 54.0 Å². The van der Waals surface area contributed by atoms with E-state index in [1.54, 1.807) is 26.0 Å². The van der Waals surface area contributed by atoms with Crippen LogP contribution in [0.25, 0.3) is 0 Å². The molecule has 1 aliphatic heterocycles. The van der Waals surface area contributed by atoms with Crippen LogP contribution in [0.3, 0.4) is 0 Å². The zero-order valence-corrected chi connectivity index (χ0v) is 22.2. The van der Waals surface area contributed by atoms with Gasteiger partial charge in [-0.05, 0) is 35.2 Å². The lowest BCUT2D eigenvalue weighted by molar-refractivity contribution is 0.0341. The van der Waals surface area contributed by atoms with E-state index in [0.717, 1.165) is 57.3 Å². The van der Waals surface area contributed by atoms with Gasteiger partial charge in [-0.1, -0.05) is 36.4 Å². The molecule has 0 unspecified atom stereocenters. The van der Waals surface area contributed by atoms with Gasteiger partial charge in [0.25, 0.3) is 5.91 Å². The van der Waals surface area contributed by atoms with E-state index >= 15 is 0 Å². The molecule has 0 aliphatic carbocycles. The van der Waals surface area contributed by atoms with Crippen LogP contribution in [-0.4, -0.2) is 75.7 Å². The van der Waals surface area contributed by atoms with Crippen molar-refractivity contribution in [2.45, 2.75) is 19.5 Å². The van der Waals surface area contributed by atoms with E-state index in [-0.39, 0.29) is 29.9 Å². The van der Waals surface area contributed by atoms with E-state index < -0.39 is 0 Å². The van der Waals surface area contributed by atoms with Gasteiger partial charge in [0.05, 0.1) is 13.2 Å². The van der Waals surface area contributed by atoms with E-state index in [9.17, 15) is 4.79 Å². The normalized spacial score (nSPS) is 14.3. The molecule has 1 fully saturated rings. The number of carbonyl (C=O) groups excluding carboxylic acids is 1. The highest BCUT2D eigenvalue weighted by Gasteiger charge is 2.13. The third-order valence-electron chi connectivity index (χ3n) is 5.57. The average molecular weight is 566 g/mol. The smallest absolute Gasteiger partial charge is 0.253 e. The second kappa shape index (κ2) is 14.2. The first-order valence-corrected chi connectivity index (χ1v) is 11.2. The Labute approximate surface area is 214 Å². The van der Waals surface area contributed by atoms with Crippen LogP contribution >= 0.6 is 24.0 Å². The SMILES string of the molecule is CN=C(NCCc1cccc(C(=O)N(C)C)c1)NCc1ccccc1CN1CCOCC1.I. The van der Waals surface area contributed by atoms with Crippen LogP contribution < -0.4 is 10.6 Å². The molecule has 1 saturated heterocycles. The maximum atomic E-state index is 12.2. The molecule has 2 aromatic rings. The molecule has 0 saturated carbocycles. The lowest BCUT2D eigenvalue weighted by atomic mass is 10.1. The number of halogens is 1. The summed E-state index contributed by atoms with van der Waals surface area (Å²) < 4.78 is 5.46. The van der Waals surface area contributed by atoms with E-state index in [0.29, 0.717) is 12.1 Å². The zero-order chi connectivity index (χ0) is 22.8. The highest BCUT2D eigenvalue weighted by molar-refractivity contribution is 14.0. The molecule has 0 atom stereocenters. The Balaban J connectivity index is 0.00000385. The quantitative estimate of drug-likeness (QED) is 0.293. The molecule has 3 rings (SSSR count). The maximum Gasteiger partial charge on any atom is 0.253 e. The molecule has 0 aromatic heterocycles. The monoisotopic (exact) mass is 565 g/mol. The number of morpholine rings is 1. The van der Waals surface area contributed by atoms with Crippen LogP contribution in [0.2, 0.25) is 0 Å². The second-order valence-corrected chi connectivity index (χ2v) is 8.16. The van der Waals surface area contributed by atoms with Crippen molar-refractivity contribution in [3.05, 3.63) is 70.8 Å². The first-order valence-electron chi connectivity index (χ1n) is 11.2. The first kappa shape index (κ1) is 27.1. The van der Waals surface area contributed by atoms with Crippen LogP contribution in [0, 0.1) is 0 Å². The van der Waals surface area contributed by atoms with Gasteiger partial charge >= 0.3 is 0 Å². The Kier molecular flexibility index (Phi) is 11.6. The van der Waals surface area contributed by atoms with E-state index in [2.05, 4.69) is 44.8 Å². The molecule has 1 heterocycles. The third-order valence-corrected chi connectivity index (χ3v) is 5.57. The number of ether oxygens (including phenoxy) is 1. The van der Waals surface area contributed by atoms with Gasteiger partial charge in [-0.25, -0.2) is 0 Å². The fourth-order valence-electron chi connectivity index (χ4n) is 3.73. The summed E-state index contributed by atoms with van der Waals surface area (Å²) in [4.78, 5) is 20.6. The molecular weight excluding hydrogens is 529 g/mol. The van der Waals surface area contributed by atoms with Gasteiger partial charge in [0.1, 0.15) is 0 Å². The third kappa shape index (κ3) is 8.60. The van der Waals surface area contributed by atoms with Crippen molar-refractivity contribution in [2.24, 2.45) is 4.99 Å². The van der Waals surface area contributed by atoms with E-state index in [1.165, 1.54) is 11.1 Å². The maximum absolute atomic E-state index is 12.2. The van der Waals surface area contributed by atoms with Crippen LogP contribution in [-0.2, 0) is 24.2 Å². The van der Waals surface area contributed by atoms with Gasteiger partial charge in [0, 0.05) is 59.4 Å². The summed E-state index contributed by atoms with van der Waals surface area (Å²) in [5.41, 5.74) is 4.44.